The Balaban J connectivity index is 1.65. The van der Waals surface area contributed by atoms with Crippen molar-refractivity contribution in [2.75, 3.05) is 17.7 Å². The standard InChI is InChI=1S/C20H18ClN3O3S/c1-24(19(25)13-28-18-9-8-14(21)11-22-18)17-7-3-2-6-16(17)20(26)23-12-15-5-4-10-27-15/h2-11H,12-13H2,1H3,(H,23,26). The minimum absolute atomic E-state index is 0.145. The second-order valence-electron chi connectivity index (χ2n) is 5.84. The van der Waals surface area contributed by atoms with Crippen LogP contribution in [0.3, 0.4) is 0 Å². The number of nitrogens with zero attached hydrogens (tertiary/aromatic N) is 2. The molecule has 8 heteroatoms. The van der Waals surface area contributed by atoms with Crippen molar-refractivity contribution in [3.8, 4) is 0 Å². The summed E-state index contributed by atoms with van der Waals surface area (Å²) in [5, 5.41) is 4.05. The highest BCUT2D eigenvalue weighted by Crippen LogP contribution is 2.22. The van der Waals surface area contributed by atoms with E-state index in [2.05, 4.69) is 10.3 Å². The van der Waals surface area contributed by atoms with Gasteiger partial charge in [0.25, 0.3) is 5.91 Å². The zero-order valence-electron chi connectivity index (χ0n) is 15.1. The van der Waals surface area contributed by atoms with Gasteiger partial charge >= 0.3 is 0 Å². The van der Waals surface area contributed by atoms with Gasteiger partial charge in [-0.1, -0.05) is 35.5 Å². The number of hydrogen-bond acceptors (Lipinski definition) is 5. The second kappa shape index (κ2) is 9.43. The Hall–Kier alpha value is -2.77. The lowest BCUT2D eigenvalue weighted by molar-refractivity contribution is -0.115. The van der Waals surface area contributed by atoms with Crippen LogP contribution in [0.15, 0.2) is 70.4 Å². The van der Waals surface area contributed by atoms with Gasteiger partial charge in [0.05, 0.1) is 39.9 Å². The molecule has 1 aromatic carbocycles. The van der Waals surface area contributed by atoms with Crippen LogP contribution in [0.1, 0.15) is 16.1 Å². The fourth-order valence-electron chi connectivity index (χ4n) is 2.45. The molecule has 0 saturated heterocycles. The maximum atomic E-state index is 12.6. The number of para-hydroxylation sites is 1. The number of carbonyl (C=O) groups is 2. The monoisotopic (exact) mass is 415 g/mol. The number of furan rings is 1. The summed E-state index contributed by atoms with van der Waals surface area (Å²) in [5.41, 5.74) is 0.952. The first-order chi connectivity index (χ1) is 13.5. The van der Waals surface area contributed by atoms with E-state index in [4.69, 9.17) is 16.0 Å². The van der Waals surface area contributed by atoms with E-state index >= 15 is 0 Å². The molecule has 144 valence electrons. The number of aromatic nitrogens is 1. The summed E-state index contributed by atoms with van der Waals surface area (Å²) in [6, 6.07) is 14.0. The SMILES string of the molecule is CN(C(=O)CSc1ccc(Cl)cn1)c1ccccc1C(=O)NCc1ccco1. The van der Waals surface area contributed by atoms with Gasteiger partial charge in [-0.15, -0.1) is 0 Å². The van der Waals surface area contributed by atoms with Crippen LogP contribution >= 0.6 is 23.4 Å². The van der Waals surface area contributed by atoms with Gasteiger partial charge in [-0.05, 0) is 36.4 Å². The van der Waals surface area contributed by atoms with Gasteiger partial charge in [-0.3, -0.25) is 9.59 Å². The van der Waals surface area contributed by atoms with Crippen LogP contribution in [-0.4, -0.2) is 29.6 Å². The van der Waals surface area contributed by atoms with E-state index in [0.717, 1.165) is 0 Å². The maximum Gasteiger partial charge on any atom is 0.253 e. The largest absolute Gasteiger partial charge is 0.467 e. The first kappa shape index (κ1) is 20.0. The number of rotatable bonds is 7. The second-order valence-corrected chi connectivity index (χ2v) is 7.27. The average molecular weight is 416 g/mol. The molecule has 3 rings (SSSR count). The van der Waals surface area contributed by atoms with E-state index in [9.17, 15) is 9.59 Å². The number of hydrogen-bond donors (Lipinski definition) is 1. The smallest absolute Gasteiger partial charge is 0.253 e. The highest BCUT2D eigenvalue weighted by Gasteiger charge is 2.18. The predicted octanol–water partition coefficient (Wildman–Crippen LogP) is 4.01. The molecule has 28 heavy (non-hydrogen) atoms. The van der Waals surface area contributed by atoms with Crippen molar-refractivity contribution in [2.24, 2.45) is 0 Å². The van der Waals surface area contributed by atoms with Crippen molar-refractivity contribution in [2.45, 2.75) is 11.6 Å². The molecule has 0 radical (unpaired) electrons. The van der Waals surface area contributed by atoms with E-state index in [1.807, 2.05) is 0 Å². The van der Waals surface area contributed by atoms with Gasteiger partial charge in [-0.2, -0.15) is 0 Å². The molecule has 2 aromatic heterocycles. The Morgan fingerprint density at radius 2 is 2.00 bits per heavy atom. The van der Waals surface area contributed by atoms with E-state index in [0.29, 0.717) is 27.1 Å². The Morgan fingerprint density at radius 3 is 2.71 bits per heavy atom. The van der Waals surface area contributed by atoms with Crippen LogP contribution < -0.4 is 10.2 Å². The van der Waals surface area contributed by atoms with Crippen LogP contribution in [0.2, 0.25) is 5.02 Å². The van der Waals surface area contributed by atoms with Crippen molar-refractivity contribution < 1.29 is 14.0 Å². The molecule has 0 aliphatic heterocycles. The lowest BCUT2D eigenvalue weighted by Crippen LogP contribution is -2.31. The van der Waals surface area contributed by atoms with Crippen molar-refractivity contribution in [1.82, 2.24) is 10.3 Å². The predicted molar refractivity (Wildman–Crippen MR) is 110 cm³/mol. The summed E-state index contributed by atoms with van der Waals surface area (Å²) in [4.78, 5) is 30.8. The third-order valence-electron chi connectivity index (χ3n) is 3.93. The Kier molecular flexibility index (Phi) is 6.73. The molecule has 3 aromatic rings. The first-order valence-electron chi connectivity index (χ1n) is 8.45. The molecule has 0 aliphatic carbocycles. The Bertz CT molecular complexity index is 946. The molecule has 0 aliphatic rings. The first-order valence-corrected chi connectivity index (χ1v) is 9.81. The lowest BCUT2D eigenvalue weighted by atomic mass is 10.1. The zero-order valence-corrected chi connectivity index (χ0v) is 16.7. The molecular formula is C20H18ClN3O3S. The maximum absolute atomic E-state index is 12.6. The van der Waals surface area contributed by atoms with E-state index in [-0.39, 0.29) is 24.1 Å². The zero-order chi connectivity index (χ0) is 19.9. The number of anilines is 1. The Labute approximate surface area is 171 Å². The third-order valence-corrected chi connectivity index (χ3v) is 5.08. The number of benzene rings is 1. The number of carbonyl (C=O) groups excluding carboxylic acids is 2. The highest BCUT2D eigenvalue weighted by atomic mass is 35.5. The third kappa shape index (κ3) is 5.15. The summed E-state index contributed by atoms with van der Waals surface area (Å²) in [5.74, 6) is 0.418. The molecule has 0 unspecified atom stereocenters. The van der Waals surface area contributed by atoms with Gasteiger partial charge in [0.2, 0.25) is 5.91 Å². The molecule has 0 saturated carbocycles. The van der Waals surface area contributed by atoms with Crippen LogP contribution in [0.4, 0.5) is 5.69 Å². The van der Waals surface area contributed by atoms with Gasteiger partial charge in [-0.25, -0.2) is 4.98 Å². The molecule has 2 amide bonds. The number of thioether (sulfide) groups is 1. The van der Waals surface area contributed by atoms with Gasteiger partial charge in [0, 0.05) is 13.2 Å². The summed E-state index contributed by atoms with van der Waals surface area (Å²) in [7, 11) is 1.65. The minimum Gasteiger partial charge on any atom is -0.467 e. The molecule has 2 heterocycles. The molecule has 0 bridgehead atoms. The number of pyridine rings is 1. The van der Waals surface area contributed by atoms with E-state index < -0.39 is 0 Å². The lowest BCUT2D eigenvalue weighted by Gasteiger charge is -2.20. The quantitative estimate of drug-likeness (QED) is 0.590. The van der Waals surface area contributed by atoms with Gasteiger partial charge in [0.15, 0.2) is 0 Å². The van der Waals surface area contributed by atoms with Crippen LogP contribution in [0, 0.1) is 0 Å². The summed E-state index contributed by atoms with van der Waals surface area (Å²) < 4.78 is 5.22. The van der Waals surface area contributed by atoms with Crippen molar-refractivity contribution in [1.29, 1.82) is 0 Å². The fraction of sp³-hybridized carbons (Fsp3) is 0.150. The molecule has 6 nitrogen and oxygen atoms in total. The topological polar surface area (TPSA) is 75.4 Å². The van der Waals surface area contributed by atoms with Crippen molar-refractivity contribution in [3.63, 3.8) is 0 Å². The number of nitrogens with one attached hydrogen (secondary N) is 1. The van der Waals surface area contributed by atoms with Crippen molar-refractivity contribution in [3.05, 3.63) is 77.3 Å². The fourth-order valence-corrected chi connectivity index (χ4v) is 3.32. The van der Waals surface area contributed by atoms with Gasteiger partial charge < -0.3 is 14.6 Å². The van der Waals surface area contributed by atoms with E-state index in [1.54, 1.807) is 61.8 Å². The molecule has 0 atom stereocenters. The van der Waals surface area contributed by atoms with Crippen molar-refractivity contribution >= 4 is 40.9 Å². The van der Waals surface area contributed by atoms with E-state index in [1.165, 1.54) is 22.9 Å². The number of amides is 2. The summed E-state index contributed by atoms with van der Waals surface area (Å²) >= 11 is 7.13. The van der Waals surface area contributed by atoms with Crippen LogP contribution in [0.25, 0.3) is 0 Å². The molecule has 0 fully saturated rings. The molecule has 1 N–H and O–H groups in total. The van der Waals surface area contributed by atoms with Gasteiger partial charge in [0.1, 0.15) is 5.76 Å². The van der Waals surface area contributed by atoms with Crippen LogP contribution in [0.5, 0.6) is 0 Å². The van der Waals surface area contributed by atoms with Crippen LogP contribution in [-0.2, 0) is 11.3 Å². The molecule has 0 spiro atoms. The highest BCUT2D eigenvalue weighted by molar-refractivity contribution is 7.99. The average Bonchev–Trinajstić information content (AvgIpc) is 3.24. The normalized spacial score (nSPS) is 10.5. The molecular weight excluding hydrogens is 398 g/mol. The number of halogens is 1. The summed E-state index contributed by atoms with van der Waals surface area (Å²) in [6.45, 7) is 0.274. The Morgan fingerprint density at radius 1 is 1.18 bits per heavy atom. The summed E-state index contributed by atoms with van der Waals surface area (Å²) in [6.07, 6.45) is 3.09. The minimum atomic E-state index is -0.279.